The number of rotatable bonds is 13. The Morgan fingerprint density at radius 2 is 1.63 bits per heavy atom. The summed E-state index contributed by atoms with van der Waals surface area (Å²) in [4.78, 5) is 0. The zero-order valence-electron chi connectivity index (χ0n) is 21.2. The molecular weight excluding hydrogens is 719 g/mol. The molecule has 6 atom stereocenters. The van der Waals surface area contributed by atoms with Crippen molar-refractivity contribution in [1.82, 2.24) is 0 Å². The topological polar surface area (TPSA) is 98.8 Å². The summed E-state index contributed by atoms with van der Waals surface area (Å²) in [6.07, 6.45) is -20.0. The number of hydrogen-bond donors (Lipinski definition) is 0. The normalized spacial score (nSPS) is 28.4. The third kappa shape index (κ3) is 7.41. The van der Waals surface area contributed by atoms with Crippen LogP contribution in [-0.2, 0) is 42.7 Å². The van der Waals surface area contributed by atoms with Crippen LogP contribution in [0, 0.1) is 5.92 Å². The molecule has 0 radical (unpaired) electrons. The molecule has 41 heavy (non-hydrogen) atoms. The first-order chi connectivity index (χ1) is 18.9. The van der Waals surface area contributed by atoms with Gasteiger partial charge < -0.3 is 23.7 Å². The van der Waals surface area contributed by atoms with E-state index < -0.39 is 74.9 Å². The number of halogens is 9. The number of ether oxygens (including phenoxy) is 6. The summed E-state index contributed by atoms with van der Waals surface area (Å²) in [5.41, 5.74) is 0.685. The highest BCUT2D eigenvalue weighted by molar-refractivity contribution is 14.1. The van der Waals surface area contributed by atoms with Gasteiger partial charge in [0.25, 0.3) is 0 Å². The second-order valence-electron chi connectivity index (χ2n) is 8.82. The highest BCUT2D eigenvalue weighted by Crippen LogP contribution is 2.50. The van der Waals surface area contributed by atoms with E-state index in [0.717, 1.165) is 7.11 Å². The van der Waals surface area contributed by atoms with Gasteiger partial charge in [-0.2, -0.15) is 43.5 Å². The second-order valence-corrected chi connectivity index (χ2v) is 11.8. The van der Waals surface area contributed by atoms with Crippen LogP contribution in [-0.4, -0.2) is 81.5 Å². The molecule has 2 aliphatic rings. The standard InChI is InChI=1S/C22H25F8IO9S/c1-3-35-11-37-16-13-9-14(12-7-5-4-6-8-12)36-10-15(13)38-18(34-2)17(16)39-41(32,33)22(29,30)21(27,28)40-20(25,26)19(23,24)31/h4-8,13-18H,3,9-11H2,1-2H3/t13-,14?,15-,16+,17-,18-/m1/s1. The fourth-order valence-electron chi connectivity index (χ4n) is 4.18. The zero-order chi connectivity index (χ0) is 30.9. The molecule has 2 heterocycles. The summed E-state index contributed by atoms with van der Waals surface area (Å²) in [6, 6.07) is 8.61. The van der Waals surface area contributed by atoms with Crippen molar-refractivity contribution in [3.8, 4) is 0 Å². The summed E-state index contributed by atoms with van der Waals surface area (Å²) in [6.45, 7) is 1.02. The van der Waals surface area contributed by atoms with E-state index in [9.17, 15) is 43.5 Å². The SMILES string of the molecule is CCOCO[C@H]1[C@@H]2CC(c3ccccc3)OC[C@H]2O[C@@H](OC)[C@@H]1OS(=O)(=O)C(F)(F)C(F)(F)OC(F)(F)C(F)(F)I. The van der Waals surface area contributed by atoms with E-state index in [0.29, 0.717) is 5.56 Å². The summed E-state index contributed by atoms with van der Waals surface area (Å²) >= 11 is -0.337. The van der Waals surface area contributed by atoms with Crippen molar-refractivity contribution >= 4 is 32.7 Å². The molecule has 2 aliphatic heterocycles. The lowest BCUT2D eigenvalue weighted by molar-refractivity contribution is -0.439. The number of fused-ring (bicyclic) bond motifs is 1. The molecule has 0 spiro atoms. The second kappa shape index (κ2) is 13.0. The van der Waals surface area contributed by atoms with Crippen LogP contribution in [0.3, 0.4) is 0 Å². The van der Waals surface area contributed by atoms with E-state index in [1.807, 2.05) is 0 Å². The van der Waals surface area contributed by atoms with E-state index >= 15 is 0 Å². The third-order valence-electron chi connectivity index (χ3n) is 6.18. The van der Waals surface area contributed by atoms with Gasteiger partial charge in [0, 0.05) is 42.2 Å². The van der Waals surface area contributed by atoms with Gasteiger partial charge in [-0.05, 0) is 18.9 Å². The highest BCUT2D eigenvalue weighted by atomic mass is 127. The third-order valence-corrected chi connectivity index (χ3v) is 8.15. The molecule has 0 aliphatic carbocycles. The van der Waals surface area contributed by atoms with Gasteiger partial charge in [0.15, 0.2) is 12.4 Å². The lowest BCUT2D eigenvalue weighted by Gasteiger charge is -2.48. The quantitative estimate of drug-likeness (QED) is 0.0687. The Labute approximate surface area is 242 Å². The summed E-state index contributed by atoms with van der Waals surface area (Å²) in [5.74, 6) is -0.881. The molecule has 19 heteroatoms. The average molecular weight is 744 g/mol. The van der Waals surface area contributed by atoms with Crippen LogP contribution in [0.1, 0.15) is 25.0 Å². The summed E-state index contributed by atoms with van der Waals surface area (Å²) in [5, 5.41) is -6.60. The maximum Gasteiger partial charge on any atom is 0.460 e. The molecule has 2 saturated heterocycles. The van der Waals surface area contributed by atoms with Crippen molar-refractivity contribution in [3.05, 3.63) is 35.9 Å². The molecule has 2 fully saturated rings. The Hall–Kier alpha value is -0.940. The largest absolute Gasteiger partial charge is 0.460 e. The van der Waals surface area contributed by atoms with Crippen LogP contribution < -0.4 is 0 Å². The van der Waals surface area contributed by atoms with Crippen molar-refractivity contribution in [2.24, 2.45) is 5.92 Å². The van der Waals surface area contributed by atoms with Gasteiger partial charge in [-0.15, -0.1) is 0 Å². The van der Waals surface area contributed by atoms with Gasteiger partial charge >= 0.3 is 31.5 Å². The first-order valence-electron chi connectivity index (χ1n) is 11.8. The molecule has 0 amide bonds. The summed E-state index contributed by atoms with van der Waals surface area (Å²) < 4.78 is 164. The average Bonchev–Trinajstić information content (AvgIpc) is 2.88. The van der Waals surface area contributed by atoms with E-state index in [4.69, 9.17) is 23.7 Å². The van der Waals surface area contributed by atoms with Gasteiger partial charge in [-0.3, -0.25) is 4.18 Å². The van der Waals surface area contributed by atoms with E-state index in [-0.39, 0.29) is 42.2 Å². The Morgan fingerprint density at radius 3 is 2.20 bits per heavy atom. The van der Waals surface area contributed by atoms with E-state index in [2.05, 4.69) is 8.92 Å². The molecule has 1 unspecified atom stereocenters. The van der Waals surface area contributed by atoms with Crippen LogP contribution in [0.15, 0.2) is 30.3 Å². The first kappa shape index (κ1) is 34.5. The smallest absolute Gasteiger partial charge is 0.371 e. The molecule has 9 nitrogen and oxygen atoms in total. The number of benzene rings is 1. The highest BCUT2D eigenvalue weighted by Gasteiger charge is 2.75. The van der Waals surface area contributed by atoms with E-state index in [1.165, 1.54) is 0 Å². The Morgan fingerprint density at radius 1 is 1.00 bits per heavy atom. The Bertz CT molecular complexity index is 1110. The predicted molar refractivity (Wildman–Crippen MR) is 129 cm³/mol. The summed E-state index contributed by atoms with van der Waals surface area (Å²) in [7, 11) is -6.00. The monoisotopic (exact) mass is 744 g/mol. The van der Waals surface area contributed by atoms with Crippen molar-refractivity contribution in [2.75, 3.05) is 27.1 Å². The molecule has 0 aromatic heterocycles. The van der Waals surface area contributed by atoms with Gasteiger partial charge in [-0.25, -0.2) is 4.74 Å². The minimum Gasteiger partial charge on any atom is -0.371 e. The van der Waals surface area contributed by atoms with Crippen LogP contribution in [0.25, 0.3) is 0 Å². The Balaban J connectivity index is 1.94. The minimum absolute atomic E-state index is 0.0362. The molecule has 0 bridgehead atoms. The first-order valence-corrected chi connectivity index (χ1v) is 14.2. The lowest BCUT2D eigenvalue weighted by atomic mass is 9.81. The molecule has 1 aromatic rings. The number of alkyl halides is 9. The van der Waals surface area contributed by atoms with Crippen molar-refractivity contribution < 1.29 is 76.1 Å². The molecule has 3 rings (SSSR count). The fourth-order valence-corrected chi connectivity index (χ4v) is 5.24. The molecule has 236 valence electrons. The molecule has 0 N–H and O–H groups in total. The van der Waals surface area contributed by atoms with Crippen LogP contribution >= 0.6 is 22.6 Å². The predicted octanol–water partition coefficient (Wildman–Crippen LogP) is 5.05. The molecule has 0 saturated carbocycles. The van der Waals surface area contributed by atoms with Crippen LogP contribution in [0.5, 0.6) is 0 Å². The van der Waals surface area contributed by atoms with Gasteiger partial charge in [0.05, 0.1) is 24.9 Å². The van der Waals surface area contributed by atoms with Crippen LogP contribution in [0.2, 0.25) is 0 Å². The van der Waals surface area contributed by atoms with Crippen LogP contribution in [0.4, 0.5) is 35.1 Å². The maximum absolute atomic E-state index is 14.6. The number of hydrogen-bond acceptors (Lipinski definition) is 9. The van der Waals surface area contributed by atoms with Gasteiger partial charge in [0.1, 0.15) is 6.79 Å². The van der Waals surface area contributed by atoms with E-state index in [1.54, 1.807) is 37.3 Å². The van der Waals surface area contributed by atoms with Gasteiger partial charge in [-0.1, -0.05) is 30.3 Å². The van der Waals surface area contributed by atoms with Crippen molar-refractivity contribution in [2.45, 2.75) is 65.5 Å². The maximum atomic E-state index is 14.6. The minimum atomic E-state index is -6.95. The van der Waals surface area contributed by atoms with Crippen molar-refractivity contribution in [3.63, 3.8) is 0 Å². The van der Waals surface area contributed by atoms with Crippen molar-refractivity contribution in [1.29, 1.82) is 0 Å². The zero-order valence-corrected chi connectivity index (χ0v) is 24.1. The Kier molecular flexibility index (Phi) is 10.9. The lowest BCUT2D eigenvalue weighted by Crippen LogP contribution is -2.62. The van der Waals surface area contributed by atoms with Gasteiger partial charge in [0.2, 0.25) is 0 Å². The fraction of sp³-hybridized carbons (Fsp3) is 0.727. The molecular formula is C22H25F8IO9S. The molecule has 1 aromatic carbocycles. The number of methoxy groups -OCH3 is 1.